The number of nitrogens with one attached hydrogen (secondary N) is 1. The molecule has 8 heteroatoms. The van der Waals surface area contributed by atoms with Gasteiger partial charge in [-0.25, -0.2) is 9.50 Å². The number of anilines is 1. The van der Waals surface area contributed by atoms with Crippen LogP contribution in [0.4, 0.5) is 5.69 Å². The Morgan fingerprint density at radius 2 is 1.90 bits per heavy atom. The number of hydrogen-bond donors (Lipinski definition) is 1. The van der Waals surface area contributed by atoms with Gasteiger partial charge in [-0.1, -0.05) is 0 Å². The SMILES string of the molecule is Cc1cn2nc(-c3cc(=O)n4cc(N5CCN[C@H](C)C5)cc(C)c4n3)cc2c(C)n1. The van der Waals surface area contributed by atoms with Gasteiger partial charge < -0.3 is 10.2 Å². The molecule has 0 unspecified atom stereocenters. The number of aromatic nitrogens is 5. The summed E-state index contributed by atoms with van der Waals surface area (Å²) in [5.41, 5.74) is 6.53. The average molecular weight is 403 g/mol. The van der Waals surface area contributed by atoms with Crippen molar-refractivity contribution in [1.82, 2.24) is 29.3 Å². The fraction of sp³-hybridized carbons (Fsp3) is 0.364. The fourth-order valence-corrected chi connectivity index (χ4v) is 4.24. The molecule has 5 rings (SSSR count). The Morgan fingerprint density at radius 1 is 1.07 bits per heavy atom. The maximum absolute atomic E-state index is 13.0. The third-order valence-corrected chi connectivity index (χ3v) is 5.69. The molecule has 4 aromatic heterocycles. The minimum atomic E-state index is -0.105. The molecule has 0 spiro atoms. The molecule has 0 aliphatic carbocycles. The molecule has 1 saturated heterocycles. The smallest absolute Gasteiger partial charge is 0.258 e. The van der Waals surface area contributed by atoms with Crippen molar-refractivity contribution in [2.45, 2.75) is 33.7 Å². The van der Waals surface area contributed by atoms with Crippen LogP contribution in [0.2, 0.25) is 0 Å². The standard InChI is InChI=1S/C22H25N7O/c1-13-7-17(27-6-5-23-14(2)10-27)12-28-21(30)9-18(25-22(13)28)19-8-20-16(4)24-15(3)11-29(20)26-19/h7-9,11-12,14,23H,5-6,10H2,1-4H3/t14-/m1/s1. The van der Waals surface area contributed by atoms with E-state index in [0.717, 1.165) is 47.8 Å². The lowest BCUT2D eigenvalue weighted by molar-refractivity contribution is 0.484. The van der Waals surface area contributed by atoms with Crippen molar-refractivity contribution >= 4 is 16.9 Å². The van der Waals surface area contributed by atoms with Gasteiger partial charge >= 0.3 is 0 Å². The topological polar surface area (TPSA) is 79.8 Å². The summed E-state index contributed by atoms with van der Waals surface area (Å²) in [6.07, 6.45) is 3.78. The van der Waals surface area contributed by atoms with Crippen LogP contribution in [0.3, 0.4) is 0 Å². The van der Waals surface area contributed by atoms with Crippen molar-refractivity contribution in [3.8, 4) is 11.4 Å². The van der Waals surface area contributed by atoms with Gasteiger partial charge in [0, 0.05) is 37.9 Å². The maximum Gasteiger partial charge on any atom is 0.258 e. The summed E-state index contributed by atoms with van der Waals surface area (Å²) in [7, 11) is 0. The molecule has 30 heavy (non-hydrogen) atoms. The van der Waals surface area contributed by atoms with Crippen molar-refractivity contribution in [3.63, 3.8) is 0 Å². The first kappa shape index (κ1) is 18.7. The normalized spacial score (nSPS) is 17.2. The van der Waals surface area contributed by atoms with Crippen molar-refractivity contribution in [2.75, 3.05) is 24.5 Å². The molecule has 0 aromatic carbocycles. The first-order chi connectivity index (χ1) is 14.4. The van der Waals surface area contributed by atoms with Crippen LogP contribution in [-0.4, -0.2) is 49.7 Å². The van der Waals surface area contributed by atoms with Gasteiger partial charge in [0.25, 0.3) is 5.56 Å². The summed E-state index contributed by atoms with van der Waals surface area (Å²) < 4.78 is 3.45. The van der Waals surface area contributed by atoms with Gasteiger partial charge in [0.2, 0.25) is 0 Å². The number of aryl methyl sites for hydroxylation is 3. The second-order valence-electron chi connectivity index (χ2n) is 8.18. The lowest BCUT2D eigenvalue weighted by Crippen LogP contribution is -2.49. The van der Waals surface area contributed by atoms with E-state index in [4.69, 9.17) is 4.98 Å². The van der Waals surface area contributed by atoms with E-state index in [1.165, 1.54) is 0 Å². The largest absolute Gasteiger partial charge is 0.368 e. The fourth-order valence-electron chi connectivity index (χ4n) is 4.24. The number of pyridine rings is 1. The highest BCUT2D eigenvalue weighted by Gasteiger charge is 2.18. The third kappa shape index (κ3) is 3.13. The first-order valence-electron chi connectivity index (χ1n) is 10.3. The first-order valence-corrected chi connectivity index (χ1v) is 10.3. The van der Waals surface area contributed by atoms with E-state index < -0.39 is 0 Å². The number of rotatable bonds is 2. The van der Waals surface area contributed by atoms with E-state index in [-0.39, 0.29) is 5.56 Å². The minimum Gasteiger partial charge on any atom is -0.368 e. The van der Waals surface area contributed by atoms with Gasteiger partial charge in [-0.05, 0) is 45.4 Å². The van der Waals surface area contributed by atoms with Crippen molar-refractivity contribution in [2.24, 2.45) is 0 Å². The van der Waals surface area contributed by atoms with E-state index in [1.54, 1.807) is 15.0 Å². The molecule has 0 bridgehead atoms. The Morgan fingerprint density at radius 3 is 2.70 bits per heavy atom. The highest BCUT2D eigenvalue weighted by atomic mass is 16.1. The van der Waals surface area contributed by atoms with Crippen molar-refractivity contribution < 1.29 is 0 Å². The minimum absolute atomic E-state index is 0.105. The number of hydrogen-bond acceptors (Lipinski definition) is 6. The summed E-state index contributed by atoms with van der Waals surface area (Å²) >= 11 is 0. The molecule has 1 fully saturated rings. The zero-order chi connectivity index (χ0) is 21.0. The van der Waals surface area contributed by atoms with Crippen LogP contribution < -0.4 is 15.8 Å². The summed E-state index contributed by atoms with van der Waals surface area (Å²) in [4.78, 5) is 24.6. The second kappa shape index (κ2) is 6.91. The van der Waals surface area contributed by atoms with E-state index in [9.17, 15) is 4.79 Å². The molecule has 0 saturated carbocycles. The van der Waals surface area contributed by atoms with Crippen LogP contribution in [0.25, 0.3) is 22.6 Å². The van der Waals surface area contributed by atoms with Crippen LogP contribution in [-0.2, 0) is 0 Å². The van der Waals surface area contributed by atoms with E-state index in [0.29, 0.717) is 23.1 Å². The molecule has 0 amide bonds. The molecule has 154 valence electrons. The van der Waals surface area contributed by atoms with Crippen molar-refractivity contribution in [1.29, 1.82) is 0 Å². The van der Waals surface area contributed by atoms with Crippen LogP contribution >= 0.6 is 0 Å². The van der Waals surface area contributed by atoms with Gasteiger partial charge in [-0.2, -0.15) is 5.10 Å². The van der Waals surface area contributed by atoms with Gasteiger partial charge in [-0.15, -0.1) is 0 Å². The molecular formula is C22H25N7O. The molecule has 1 aliphatic heterocycles. The molecule has 1 aliphatic rings. The van der Waals surface area contributed by atoms with Crippen LogP contribution in [0.5, 0.6) is 0 Å². The van der Waals surface area contributed by atoms with E-state index in [1.807, 2.05) is 39.2 Å². The molecule has 4 aromatic rings. The maximum atomic E-state index is 13.0. The second-order valence-corrected chi connectivity index (χ2v) is 8.18. The summed E-state index contributed by atoms with van der Waals surface area (Å²) in [6.45, 7) is 10.8. The van der Waals surface area contributed by atoms with E-state index >= 15 is 0 Å². The summed E-state index contributed by atoms with van der Waals surface area (Å²) in [5.74, 6) is 0. The lowest BCUT2D eigenvalue weighted by atomic mass is 10.2. The number of piperazine rings is 1. The quantitative estimate of drug-likeness (QED) is 0.552. The molecule has 1 N–H and O–H groups in total. The molecule has 0 radical (unpaired) electrons. The highest BCUT2D eigenvalue weighted by molar-refractivity contribution is 5.67. The molecule has 1 atom stereocenters. The third-order valence-electron chi connectivity index (χ3n) is 5.69. The Bertz CT molecular complexity index is 1340. The predicted molar refractivity (Wildman–Crippen MR) is 117 cm³/mol. The number of nitrogens with zero attached hydrogens (tertiary/aromatic N) is 6. The van der Waals surface area contributed by atoms with Gasteiger partial charge in [0.15, 0.2) is 0 Å². The number of fused-ring (bicyclic) bond motifs is 2. The Hall–Kier alpha value is -3.26. The average Bonchev–Trinajstić information content (AvgIpc) is 3.13. The molecule has 8 nitrogen and oxygen atoms in total. The van der Waals surface area contributed by atoms with Gasteiger partial charge in [0.1, 0.15) is 11.3 Å². The van der Waals surface area contributed by atoms with Gasteiger partial charge in [-0.3, -0.25) is 14.2 Å². The lowest BCUT2D eigenvalue weighted by Gasteiger charge is -2.33. The zero-order valence-corrected chi connectivity index (χ0v) is 17.7. The summed E-state index contributed by atoms with van der Waals surface area (Å²) in [6, 6.07) is 6.04. The van der Waals surface area contributed by atoms with Gasteiger partial charge in [0.05, 0.1) is 34.5 Å². The monoisotopic (exact) mass is 403 g/mol. The van der Waals surface area contributed by atoms with Crippen LogP contribution in [0, 0.1) is 20.8 Å². The van der Waals surface area contributed by atoms with Crippen LogP contribution in [0.1, 0.15) is 23.9 Å². The van der Waals surface area contributed by atoms with E-state index in [2.05, 4.69) is 33.3 Å². The van der Waals surface area contributed by atoms with Crippen LogP contribution in [0.15, 0.2) is 35.4 Å². The predicted octanol–water partition coefficient (Wildman–Crippen LogP) is 2.13. The Labute approximate surface area is 174 Å². The highest BCUT2D eigenvalue weighted by Crippen LogP contribution is 2.23. The Kier molecular flexibility index (Phi) is 4.32. The zero-order valence-electron chi connectivity index (χ0n) is 17.7. The molecular weight excluding hydrogens is 378 g/mol. The van der Waals surface area contributed by atoms with Crippen molar-refractivity contribution in [3.05, 3.63) is 57.9 Å². The Balaban J connectivity index is 1.62. The molecule has 5 heterocycles. The summed E-state index contributed by atoms with van der Waals surface area (Å²) in [5, 5.41) is 8.09.